The Labute approximate surface area is 148 Å². The summed E-state index contributed by atoms with van der Waals surface area (Å²) >= 11 is 18.1. The van der Waals surface area contributed by atoms with Crippen molar-refractivity contribution in [1.29, 1.82) is 0 Å². The molecular formula is C16H12Cl3N3O. The van der Waals surface area contributed by atoms with Crippen molar-refractivity contribution in [3.05, 3.63) is 57.2 Å². The van der Waals surface area contributed by atoms with Gasteiger partial charge in [-0.25, -0.2) is 0 Å². The van der Waals surface area contributed by atoms with E-state index in [0.29, 0.717) is 20.8 Å². The van der Waals surface area contributed by atoms with Crippen LogP contribution >= 0.6 is 34.8 Å². The molecular weight excluding hydrogens is 357 g/mol. The zero-order valence-electron chi connectivity index (χ0n) is 12.0. The lowest BCUT2D eigenvalue weighted by atomic mass is 10.2. The molecule has 4 nitrogen and oxygen atoms in total. The van der Waals surface area contributed by atoms with Gasteiger partial charge in [-0.15, -0.1) is 0 Å². The molecule has 3 rings (SSSR count). The van der Waals surface area contributed by atoms with Gasteiger partial charge in [0.2, 0.25) is 0 Å². The van der Waals surface area contributed by atoms with E-state index in [1.807, 2.05) is 24.4 Å². The van der Waals surface area contributed by atoms with Gasteiger partial charge in [-0.3, -0.25) is 5.43 Å². The second kappa shape index (κ2) is 6.71. The molecule has 0 fully saturated rings. The highest BCUT2D eigenvalue weighted by molar-refractivity contribution is 6.41. The molecule has 7 heteroatoms. The number of aromatic nitrogens is 1. The van der Waals surface area contributed by atoms with E-state index in [1.54, 1.807) is 25.5 Å². The van der Waals surface area contributed by atoms with Crippen LogP contribution in [-0.2, 0) is 0 Å². The van der Waals surface area contributed by atoms with Crippen molar-refractivity contribution in [2.75, 3.05) is 12.5 Å². The molecule has 0 aliphatic rings. The number of anilines is 1. The molecule has 0 amide bonds. The van der Waals surface area contributed by atoms with Crippen molar-refractivity contribution >= 4 is 57.6 Å². The topological polar surface area (TPSA) is 49.4 Å². The summed E-state index contributed by atoms with van der Waals surface area (Å²) in [4.78, 5) is 3.17. The van der Waals surface area contributed by atoms with E-state index in [1.165, 1.54) is 0 Å². The van der Waals surface area contributed by atoms with Crippen LogP contribution in [0.15, 0.2) is 41.6 Å². The van der Waals surface area contributed by atoms with Gasteiger partial charge < -0.3 is 9.72 Å². The summed E-state index contributed by atoms with van der Waals surface area (Å²) < 4.78 is 5.24. The average molecular weight is 369 g/mol. The second-order valence-corrected chi connectivity index (χ2v) is 6.02. The third-order valence-electron chi connectivity index (χ3n) is 3.31. The van der Waals surface area contributed by atoms with Gasteiger partial charge in [0.05, 0.1) is 29.1 Å². The van der Waals surface area contributed by atoms with E-state index in [0.717, 1.165) is 22.2 Å². The van der Waals surface area contributed by atoms with E-state index in [-0.39, 0.29) is 0 Å². The molecule has 0 saturated heterocycles. The number of ether oxygens (including phenoxy) is 1. The van der Waals surface area contributed by atoms with E-state index in [2.05, 4.69) is 15.5 Å². The number of hydrogen-bond donors (Lipinski definition) is 2. The summed E-state index contributed by atoms with van der Waals surface area (Å²) in [6.45, 7) is 0. The van der Waals surface area contributed by atoms with Gasteiger partial charge in [0, 0.05) is 27.7 Å². The van der Waals surface area contributed by atoms with Crippen molar-refractivity contribution in [2.24, 2.45) is 5.10 Å². The summed E-state index contributed by atoms with van der Waals surface area (Å²) in [6.07, 6.45) is 3.54. The van der Waals surface area contributed by atoms with Crippen LogP contribution in [-0.4, -0.2) is 18.3 Å². The van der Waals surface area contributed by atoms with Crippen LogP contribution in [0.5, 0.6) is 5.75 Å². The van der Waals surface area contributed by atoms with Crippen LogP contribution in [0, 0.1) is 0 Å². The molecule has 1 heterocycles. The molecule has 2 aromatic carbocycles. The Morgan fingerprint density at radius 1 is 1.13 bits per heavy atom. The normalized spacial score (nSPS) is 11.3. The molecule has 0 spiro atoms. The number of methoxy groups -OCH3 is 1. The Kier molecular flexibility index (Phi) is 4.66. The molecule has 0 bridgehead atoms. The number of H-pyrrole nitrogens is 1. The largest absolute Gasteiger partial charge is 0.497 e. The molecule has 23 heavy (non-hydrogen) atoms. The lowest BCUT2D eigenvalue weighted by Crippen LogP contribution is -1.92. The number of rotatable bonds is 4. The van der Waals surface area contributed by atoms with Gasteiger partial charge in [0.1, 0.15) is 5.75 Å². The first-order chi connectivity index (χ1) is 11.1. The highest BCUT2D eigenvalue weighted by Gasteiger charge is 2.07. The van der Waals surface area contributed by atoms with Gasteiger partial charge >= 0.3 is 0 Å². The summed E-state index contributed by atoms with van der Waals surface area (Å²) in [6, 6.07) is 8.99. The fraction of sp³-hybridized carbons (Fsp3) is 0.0625. The number of benzene rings is 2. The first kappa shape index (κ1) is 16.0. The van der Waals surface area contributed by atoms with Crippen LogP contribution < -0.4 is 10.2 Å². The van der Waals surface area contributed by atoms with E-state index in [4.69, 9.17) is 39.5 Å². The van der Waals surface area contributed by atoms with E-state index in [9.17, 15) is 0 Å². The Hall–Kier alpha value is -1.88. The predicted octanol–water partition coefficient (Wildman–Crippen LogP) is 5.58. The Bertz CT molecular complexity index is 866. The molecule has 0 unspecified atom stereocenters. The van der Waals surface area contributed by atoms with Crippen molar-refractivity contribution in [3.63, 3.8) is 0 Å². The average Bonchev–Trinajstić information content (AvgIpc) is 2.92. The number of hydrogen-bond acceptors (Lipinski definition) is 3. The van der Waals surface area contributed by atoms with Gasteiger partial charge in [-0.05, 0) is 30.3 Å². The summed E-state index contributed by atoms with van der Waals surface area (Å²) in [5, 5.41) is 6.47. The second-order valence-electron chi connectivity index (χ2n) is 4.77. The quantitative estimate of drug-likeness (QED) is 0.466. The zero-order valence-corrected chi connectivity index (χ0v) is 14.3. The lowest BCUT2D eigenvalue weighted by Gasteiger charge is -2.06. The fourth-order valence-corrected chi connectivity index (χ4v) is 3.07. The zero-order chi connectivity index (χ0) is 16.4. The summed E-state index contributed by atoms with van der Waals surface area (Å²) in [5.41, 5.74) is 5.25. The predicted molar refractivity (Wildman–Crippen MR) is 97.5 cm³/mol. The lowest BCUT2D eigenvalue weighted by molar-refractivity contribution is 0.415. The first-order valence-electron chi connectivity index (χ1n) is 6.67. The Morgan fingerprint density at radius 3 is 2.57 bits per heavy atom. The molecule has 118 valence electrons. The smallest absolute Gasteiger partial charge is 0.119 e. The molecule has 0 atom stereocenters. The Morgan fingerprint density at radius 2 is 1.87 bits per heavy atom. The van der Waals surface area contributed by atoms with Crippen molar-refractivity contribution < 1.29 is 4.74 Å². The monoisotopic (exact) mass is 367 g/mol. The molecule has 2 N–H and O–H groups in total. The molecule has 0 saturated carbocycles. The van der Waals surface area contributed by atoms with E-state index < -0.39 is 0 Å². The van der Waals surface area contributed by atoms with Gasteiger partial charge in [-0.1, -0.05) is 34.8 Å². The maximum atomic E-state index is 6.10. The molecule has 0 radical (unpaired) electrons. The van der Waals surface area contributed by atoms with Crippen LogP contribution in [0.3, 0.4) is 0 Å². The number of halogens is 3. The molecule has 3 aromatic rings. The fourth-order valence-electron chi connectivity index (χ4n) is 2.17. The number of fused-ring (bicyclic) bond motifs is 1. The van der Waals surface area contributed by atoms with Crippen LogP contribution in [0.25, 0.3) is 10.9 Å². The minimum atomic E-state index is 0.403. The van der Waals surface area contributed by atoms with Crippen LogP contribution in [0.2, 0.25) is 15.1 Å². The first-order valence-corrected chi connectivity index (χ1v) is 7.80. The molecule has 0 aliphatic heterocycles. The SMILES string of the molecule is COc1ccc2[nH]cc(C=NNc3c(Cl)cc(Cl)cc3Cl)c2c1. The minimum absolute atomic E-state index is 0.403. The van der Waals surface area contributed by atoms with Crippen molar-refractivity contribution in [3.8, 4) is 5.75 Å². The van der Waals surface area contributed by atoms with Crippen molar-refractivity contribution in [2.45, 2.75) is 0 Å². The van der Waals surface area contributed by atoms with Crippen LogP contribution in [0.1, 0.15) is 5.56 Å². The highest BCUT2D eigenvalue weighted by atomic mass is 35.5. The van der Waals surface area contributed by atoms with Gasteiger partial charge in [-0.2, -0.15) is 5.10 Å². The van der Waals surface area contributed by atoms with Crippen LogP contribution in [0.4, 0.5) is 5.69 Å². The minimum Gasteiger partial charge on any atom is -0.497 e. The molecule has 0 aliphatic carbocycles. The number of nitrogens with one attached hydrogen (secondary N) is 2. The molecule has 1 aromatic heterocycles. The maximum absolute atomic E-state index is 6.10. The number of nitrogens with zero attached hydrogens (tertiary/aromatic N) is 1. The van der Waals surface area contributed by atoms with Crippen molar-refractivity contribution in [1.82, 2.24) is 4.98 Å². The third-order valence-corrected chi connectivity index (χ3v) is 4.12. The maximum Gasteiger partial charge on any atom is 0.119 e. The standard InChI is InChI=1S/C16H12Cl3N3O/c1-23-11-2-3-15-12(6-11)9(7-20-15)8-21-22-16-13(18)4-10(17)5-14(16)19/h2-8,20,22H,1H3. The summed E-state index contributed by atoms with van der Waals surface area (Å²) in [7, 11) is 1.63. The summed E-state index contributed by atoms with van der Waals surface area (Å²) in [5.74, 6) is 0.781. The highest BCUT2D eigenvalue weighted by Crippen LogP contribution is 2.33. The van der Waals surface area contributed by atoms with Gasteiger partial charge in [0.25, 0.3) is 0 Å². The van der Waals surface area contributed by atoms with Gasteiger partial charge in [0.15, 0.2) is 0 Å². The number of hydrazone groups is 1. The number of aromatic amines is 1. The Balaban J connectivity index is 1.86. The van der Waals surface area contributed by atoms with E-state index >= 15 is 0 Å². The third kappa shape index (κ3) is 3.39.